The van der Waals surface area contributed by atoms with Crippen molar-refractivity contribution >= 4 is 21.9 Å². The lowest BCUT2D eigenvalue weighted by atomic mass is 10.0. The summed E-state index contributed by atoms with van der Waals surface area (Å²) in [6.07, 6.45) is 0. The number of alkyl halides is 3. The Morgan fingerprint density at radius 1 is 1.53 bits per heavy atom. The number of ether oxygens (including phenoxy) is 2. The van der Waals surface area contributed by atoms with Crippen LogP contribution < -0.4 is 4.74 Å². The van der Waals surface area contributed by atoms with Crippen molar-refractivity contribution < 1.29 is 23.0 Å². The Morgan fingerprint density at radius 3 is 2.68 bits per heavy atom. The molecule has 0 fully saturated rings. The summed E-state index contributed by atoms with van der Waals surface area (Å²) < 4.78 is 33.4. The molecule has 0 aliphatic rings. The number of benzene rings is 1. The second-order valence-corrected chi connectivity index (χ2v) is 3.91. The van der Waals surface area contributed by atoms with Crippen LogP contribution in [-0.4, -0.2) is 19.2 Å². The molecule has 0 heterocycles. The van der Waals surface area contributed by atoms with Crippen molar-refractivity contribution in [2.75, 3.05) is 6.61 Å². The molecule has 0 aromatic heterocycles. The maximum atomic E-state index is 12.2. The summed E-state index contributed by atoms with van der Waals surface area (Å²) >= 11 is 3.13. The molecular formula is C12H10BrF2NO3. The molecule has 1 rings (SSSR count). The third-order valence-electron chi connectivity index (χ3n) is 2.17. The molecule has 1 aromatic carbocycles. The first-order chi connectivity index (χ1) is 9.03. The summed E-state index contributed by atoms with van der Waals surface area (Å²) in [4.78, 5) is 11.7. The molecule has 0 unspecified atom stereocenters. The van der Waals surface area contributed by atoms with Crippen molar-refractivity contribution in [3.8, 4) is 11.8 Å². The lowest BCUT2D eigenvalue weighted by Crippen LogP contribution is -2.10. The molecule has 0 spiro atoms. The number of carbonyl (C=O) groups excluding carboxylic acids is 1. The van der Waals surface area contributed by atoms with Gasteiger partial charge < -0.3 is 9.47 Å². The van der Waals surface area contributed by atoms with E-state index >= 15 is 0 Å². The van der Waals surface area contributed by atoms with Gasteiger partial charge in [-0.1, -0.05) is 15.9 Å². The minimum atomic E-state index is -3.01. The lowest BCUT2D eigenvalue weighted by Gasteiger charge is -2.11. The monoisotopic (exact) mass is 333 g/mol. The van der Waals surface area contributed by atoms with Crippen molar-refractivity contribution in [3.05, 3.63) is 28.8 Å². The number of halogens is 3. The molecule has 0 aliphatic carbocycles. The highest BCUT2D eigenvalue weighted by molar-refractivity contribution is 9.08. The molecule has 0 bridgehead atoms. The molecule has 0 aliphatic heterocycles. The lowest BCUT2D eigenvalue weighted by molar-refractivity contribution is -0.0499. The van der Waals surface area contributed by atoms with Crippen molar-refractivity contribution in [1.82, 2.24) is 0 Å². The van der Waals surface area contributed by atoms with Gasteiger partial charge in [-0.3, -0.25) is 0 Å². The van der Waals surface area contributed by atoms with E-state index < -0.39 is 12.6 Å². The molecule has 0 amide bonds. The molecule has 0 saturated heterocycles. The minimum absolute atomic E-state index is 0.0805. The van der Waals surface area contributed by atoms with E-state index in [1.165, 1.54) is 6.07 Å². The first-order valence-corrected chi connectivity index (χ1v) is 6.40. The average Bonchev–Trinajstić information content (AvgIpc) is 2.37. The van der Waals surface area contributed by atoms with E-state index in [-0.39, 0.29) is 28.8 Å². The Labute approximate surface area is 117 Å². The zero-order valence-corrected chi connectivity index (χ0v) is 11.5. The summed E-state index contributed by atoms with van der Waals surface area (Å²) in [5, 5.41) is 9.28. The van der Waals surface area contributed by atoms with Gasteiger partial charge in [0.15, 0.2) is 0 Å². The molecule has 102 valence electrons. The third-order valence-corrected chi connectivity index (χ3v) is 2.77. The second-order valence-electron chi connectivity index (χ2n) is 3.35. The van der Waals surface area contributed by atoms with E-state index in [1.807, 2.05) is 6.07 Å². The fraction of sp³-hybridized carbons (Fsp3) is 0.333. The zero-order chi connectivity index (χ0) is 14.4. The molecule has 0 atom stereocenters. The van der Waals surface area contributed by atoms with Crippen LogP contribution in [0.3, 0.4) is 0 Å². The van der Waals surface area contributed by atoms with Crippen LogP contribution in [0, 0.1) is 11.3 Å². The number of carbonyl (C=O) groups is 1. The Balaban J connectivity index is 3.32. The van der Waals surface area contributed by atoms with Crippen LogP contribution in [-0.2, 0) is 10.1 Å². The first kappa shape index (κ1) is 15.4. The Hall–Kier alpha value is -1.68. The van der Waals surface area contributed by atoms with E-state index in [0.29, 0.717) is 5.56 Å². The normalized spacial score (nSPS) is 10.1. The van der Waals surface area contributed by atoms with E-state index in [0.717, 1.165) is 6.07 Å². The van der Waals surface area contributed by atoms with Gasteiger partial charge in [0.1, 0.15) is 11.8 Å². The highest BCUT2D eigenvalue weighted by Crippen LogP contribution is 2.26. The smallest absolute Gasteiger partial charge is 0.387 e. The number of nitrogens with zero attached hydrogens (tertiary/aromatic N) is 1. The molecule has 4 nitrogen and oxygen atoms in total. The number of nitriles is 1. The van der Waals surface area contributed by atoms with Gasteiger partial charge in [0.2, 0.25) is 0 Å². The predicted molar refractivity (Wildman–Crippen MR) is 66.4 cm³/mol. The topological polar surface area (TPSA) is 59.3 Å². The maximum Gasteiger partial charge on any atom is 0.387 e. The zero-order valence-electron chi connectivity index (χ0n) is 9.95. The number of hydrogen-bond donors (Lipinski definition) is 0. The van der Waals surface area contributed by atoms with Crippen molar-refractivity contribution in [1.29, 1.82) is 5.26 Å². The minimum Gasteiger partial charge on any atom is -0.462 e. The number of rotatable bonds is 5. The maximum absolute atomic E-state index is 12.2. The quantitative estimate of drug-likeness (QED) is 0.613. The van der Waals surface area contributed by atoms with E-state index in [2.05, 4.69) is 20.7 Å². The van der Waals surface area contributed by atoms with Crippen LogP contribution >= 0.6 is 15.9 Å². The van der Waals surface area contributed by atoms with Gasteiger partial charge in [-0.2, -0.15) is 14.0 Å². The Morgan fingerprint density at radius 2 is 2.21 bits per heavy atom. The Kier molecular flexibility index (Phi) is 5.70. The summed E-state index contributed by atoms with van der Waals surface area (Å²) in [6, 6.07) is 4.22. The van der Waals surface area contributed by atoms with Gasteiger partial charge in [0, 0.05) is 5.33 Å². The predicted octanol–water partition coefficient (Wildman–Crippen LogP) is 3.23. The SMILES string of the molecule is CCOC(=O)c1cc(OC(F)F)cc(CBr)c1C#N. The van der Waals surface area contributed by atoms with Gasteiger partial charge in [0.25, 0.3) is 0 Å². The highest BCUT2D eigenvalue weighted by Gasteiger charge is 2.19. The first-order valence-electron chi connectivity index (χ1n) is 5.28. The molecule has 0 saturated carbocycles. The van der Waals surface area contributed by atoms with Crippen LogP contribution in [0.2, 0.25) is 0 Å². The van der Waals surface area contributed by atoms with Gasteiger partial charge in [-0.15, -0.1) is 0 Å². The average molecular weight is 334 g/mol. The summed E-state index contributed by atoms with van der Waals surface area (Å²) in [5.74, 6) is -0.938. The fourth-order valence-electron chi connectivity index (χ4n) is 1.45. The molecule has 0 radical (unpaired) electrons. The summed E-state index contributed by atoms with van der Waals surface area (Å²) in [6.45, 7) is -1.28. The third kappa shape index (κ3) is 3.89. The van der Waals surface area contributed by atoms with E-state index in [9.17, 15) is 13.6 Å². The summed E-state index contributed by atoms with van der Waals surface area (Å²) in [7, 11) is 0. The summed E-state index contributed by atoms with van der Waals surface area (Å²) in [5.41, 5.74) is 0.373. The van der Waals surface area contributed by atoms with Gasteiger partial charge in [-0.25, -0.2) is 4.79 Å². The Bertz CT molecular complexity index is 514. The molecular weight excluding hydrogens is 324 g/mol. The largest absolute Gasteiger partial charge is 0.462 e. The van der Waals surface area contributed by atoms with E-state index in [1.54, 1.807) is 6.92 Å². The van der Waals surface area contributed by atoms with Crippen LogP contribution in [0.25, 0.3) is 0 Å². The van der Waals surface area contributed by atoms with Crippen LogP contribution in [0.1, 0.15) is 28.4 Å². The van der Waals surface area contributed by atoms with Gasteiger partial charge >= 0.3 is 12.6 Å². The number of esters is 1. The van der Waals surface area contributed by atoms with Crippen molar-refractivity contribution in [3.63, 3.8) is 0 Å². The van der Waals surface area contributed by atoms with Crippen LogP contribution in [0.5, 0.6) is 5.75 Å². The van der Waals surface area contributed by atoms with E-state index in [4.69, 9.17) is 10.00 Å². The fourth-order valence-corrected chi connectivity index (χ4v) is 1.89. The van der Waals surface area contributed by atoms with Crippen LogP contribution in [0.4, 0.5) is 8.78 Å². The van der Waals surface area contributed by atoms with Crippen molar-refractivity contribution in [2.45, 2.75) is 18.9 Å². The molecule has 1 aromatic rings. The highest BCUT2D eigenvalue weighted by atomic mass is 79.9. The van der Waals surface area contributed by atoms with Gasteiger partial charge in [-0.05, 0) is 24.6 Å². The number of hydrogen-bond acceptors (Lipinski definition) is 4. The molecule has 19 heavy (non-hydrogen) atoms. The standard InChI is InChI=1S/C12H10BrF2NO3/c1-2-18-11(17)9-4-8(19-12(14)15)3-7(5-13)10(9)6-16/h3-4,12H,2,5H2,1H3. The van der Waals surface area contributed by atoms with Crippen molar-refractivity contribution in [2.24, 2.45) is 0 Å². The van der Waals surface area contributed by atoms with Crippen LogP contribution in [0.15, 0.2) is 12.1 Å². The second kappa shape index (κ2) is 7.04. The molecule has 0 N–H and O–H groups in total. The molecule has 7 heteroatoms. The van der Waals surface area contributed by atoms with Gasteiger partial charge in [0.05, 0.1) is 17.7 Å².